The molecule has 0 aromatic carbocycles. The molecule has 0 saturated heterocycles. The summed E-state index contributed by atoms with van der Waals surface area (Å²) in [5.74, 6) is 0.246. The molecule has 1 aromatic heterocycles. The third kappa shape index (κ3) is 3.59. The van der Waals surface area contributed by atoms with Crippen LogP contribution >= 0.6 is 0 Å². The molecule has 5 heteroatoms. The molecule has 0 bridgehead atoms. The van der Waals surface area contributed by atoms with Gasteiger partial charge in [-0.1, -0.05) is 32.1 Å². The van der Waals surface area contributed by atoms with Crippen molar-refractivity contribution < 1.29 is 9.90 Å². The highest BCUT2D eigenvalue weighted by Gasteiger charge is 2.14. The molecule has 1 aliphatic rings. The van der Waals surface area contributed by atoms with E-state index in [0.717, 1.165) is 18.9 Å². The second-order valence-electron chi connectivity index (χ2n) is 5.15. The third-order valence-corrected chi connectivity index (χ3v) is 3.79. The van der Waals surface area contributed by atoms with Crippen molar-refractivity contribution in [2.24, 2.45) is 5.92 Å². The van der Waals surface area contributed by atoms with Crippen LogP contribution in [-0.2, 0) is 0 Å². The predicted octanol–water partition coefficient (Wildman–Crippen LogP) is 2.74. The van der Waals surface area contributed by atoms with E-state index in [2.05, 4.69) is 10.3 Å². The first kappa shape index (κ1) is 13.6. The van der Waals surface area contributed by atoms with Gasteiger partial charge in [0.1, 0.15) is 5.82 Å². The van der Waals surface area contributed by atoms with Gasteiger partial charge in [-0.15, -0.1) is 0 Å². The first-order chi connectivity index (χ1) is 9.18. The van der Waals surface area contributed by atoms with Crippen LogP contribution in [0.25, 0.3) is 0 Å². The fourth-order valence-corrected chi connectivity index (χ4v) is 2.67. The van der Waals surface area contributed by atoms with Crippen LogP contribution in [0, 0.1) is 5.92 Å². The average molecular weight is 263 g/mol. The van der Waals surface area contributed by atoms with E-state index >= 15 is 0 Å². The summed E-state index contributed by atoms with van der Waals surface area (Å²) in [4.78, 5) is 15.1. The number of aromatic nitrogens is 1. The molecular weight excluding hydrogens is 242 g/mol. The van der Waals surface area contributed by atoms with Gasteiger partial charge in [-0.3, -0.25) is 0 Å². The van der Waals surface area contributed by atoms with Crippen LogP contribution in [0.4, 0.5) is 11.5 Å². The van der Waals surface area contributed by atoms with Gasteiger partial charge in [-0.2, -0.15) is 0 Å². The molecule has 0 amide bonds. The Kier molecular flexibility index (Phi) is 4.60. The average Bonchev–Trinajstić information content (AvgIpc) is 2.41. The topological polar surface area (TPSA) is 88.2 Å². The Morgan fingerprint density at radius 3 is 2.84 bits per heavy atom. The van der Waals surface area contributed by atoms with Crippen LogP contribution in [0.1, 0.15) is 48.9 Å². The molecule has 0 aliphatic heterocycles. The third-order valence-electron chi connectivity index (χ3n) is 3.79. The molecule has 4 N–H and O–H groups in total. The van der Waals surface area contributed by atoms with Crippen LogP contribution < -0.4 is 11.1 Å². The summed E-state index contributed by atoms with van der Waals surface area (Å²) in [5.41, 5.74) is 6.13. The number of nitrogens with zero attached hydrogens (tertiary/aromatic N) is 1. The minimum absolute atomic E-state index is 0.107. The van der Waals surface area contributed by atoms with E-state index in [1.807, 2.05) is 0 Å². The van der Waals surface area contributed by atoms with Gasteiger partial charge in [0.2, 0.25) is 0 Å². The number of carboxylic acid groups (broad SMARTS) is 1. The fourth-order valence-electron chi connectivity index (χ4n) is 2.67. The molecule has 0 unspecified atom stereocenters. The molecule has 1 saturated carbocycles. The molecular formula is C14H21N3O2. The zero-order valence-electron chi connectivity index (χ0n) is 11.1. The number of nitrogen functional groups attached to an aromatic ring is 1. The summed E-state index contributed by atoms with van der Waals surface area (Å²) in [7, 11) is 0. The summed E-state index contributed by atoms with van der Waals surface area (Å²) in [5, 5.41) is 12.1. The van der Waals surface area contributed by atoms with E-state index in [1.54, 1.807) is 0 Å². The second kappa shape index (κ2) is 6.41. The lowest BCUT2D eigenvalue weighted by molar-refractivity contribution is 0.0698. The molecule has 0 radical (unpaired) electrons. The number of carbonyl (C=O) groups is 1. The monoisotopic (exact) mass is 263 g/mol. The lowest BCUT2D eigenvalue weighted by atomic mass is 9.87. The van der Waals surface area contributed by atoms with E-state index in [9.17, 15) is 4.79 Å². The molecule has 2 rings (SSSR count). The number of hydrogen-bond donors (Lipinski definition) is 3. The van der Waals surface area contributed by atoms with Crippen molar-refractivity contribution in [2.45, 2.75) is 38.5 Å². The Hall–Kier alpha value is -1.78. The van der Waals surface area contributed by atoms with Crippen molar-refractivity contribution in [1.82, 2.24) is 4.98 Å². The quantitative estimate of drug-likeness (QED) is 0.760. The van der Waals surface area contributed by atoms with E-state index in [0.29, 0.717) is 5.82 Å². The van der Waals surface area contributed by atoms with E-state index in [1.165, 1.54) is 44.4 Å². The standard InChI is InChI=1S/C14H21N3O2/c15-12-11(14(18)19)7-9-17-13(12)16-8-6-10-4-2-1-3-5-10/h7,9-10H,1-6,8,15H2,(H,16,17)(H,18,19). The molecule has 0 spiro atoms. The van der Waals surface area contributed by atoms with Gasteiger partial charge in [0.15, 0.2) is 0 Å². The minimum Gasteiger partial charge on any atom is -0.478 e. The van der Waals surface area contributed by atoms with Gasteiger partial charge >= 0.3 is 5.97 Å². The fraction of sp³-hybridized carbons (Fsp3) is 0.571. The predicted molar refractivity (Wildman–Crippen MR) is 75.3 cm³/mol. The number of nitrogens with one attached hydrogen (secondary N) is 1. The number of rotatable bonds is 5. The maximum absolute atomic E-state index is 11.0. The summed E-state index contributed by atoms with van der Waals surface area (Å²) in [6.45, 7) is 0.797. The summed E-state index contributed by atoms with van der Waals surface area (Å²) < 4.78 is 0. The number of pyridine rings is 1. The lowest BCUT2D eigenvalue weighted by Crippen LogP contribution is -2.14. The number of aromatic carboxylic acids is 1. The van der Waals surface area contributed by atoms with E-state index in [-0.39, 0.29) is 11.3 Å². The molecule has 1 aromatic rings. The van der Waals surface area contributed by atoms with Crippen molar-refractivity contribution in [1.29, 1.82) is 0 Å². The molecule has 5 nitrogen and oxygen atoms in total. The maximum Gasteiger partial charge on any atom is 0.337 e. The molecule has 19 heavy (non-hydrogen) atoms. The minimum atomic E-state index is -1.02. The van der Waals surface area contributed by atoms with E-state index < -0.39 is 5.97 Å². The lowest BCUT2D eigenvalue weighted by Gasteiger charge is -2.21. The highest BCUT2D eigenvalue weighted by Crippen LogP contribution is 2.26. The van der Waals surface area contributed by atoms with Crippen LogP contribution in [-0.4, -0.2) is 22.6 Å². The van der Waals surface area contributed by atoms with Gasteiger partial charge < -0.3 is 16.2 Å². The van der Waals surface area contributed by atoms with Crippen molar-refractivity contribution in [3.05, 3.63) is 17.8 Å². The van der Waals surface area contributed by atoms with Crippen molar-refractivity contribution in [2.75, 3.05) is 17.6 Å². The zero-order valence-corrected chi connectivity index (χ0v) is 11.1. The van der Waals surface area contributed by atoms with Gasteiger partial charge in [-0.25, -0.2) is 9.78 Å². The normalized spacial score (nSPS) is 16.2. The number of nitrogens with two attached hydrogens (primary N) is 1. The summed E-state index contributed by atoms with van der Waals surface area (Å²) >= 11 is 0. The van der Waals surface area contributed by atoms with Gasteiger partial charge in [0.25, 0.3) is 0 Å². The number of anilines is 2. The molecule has 1 heterocycles. The van der Waals surface area contributed by atoms with Crippen LogP contribution in [0.15, 0.2) is 12.3 Å². The van der Waals surface area contributed by atoms with Gasteiger partial charge in [-0.05, 0) is 18.4 Å². The summed E-state index contributed by atoms with van der Waals surface area (Å²) in [6.07, 6.45) is 9.21. The first-order valence-corrected chi connectivity index (χ1v) is 6.90. The van der Waals surface area contributed by atoms with Crippen LogP contribution in [0.3, 0.4) is 0 Å². The van der Waals surface area contributed by atoms with Crippen molar-refractivity contribution in [3.63, 3.8) is 0 Å². The Morgan fingerprint density at radius 1 is 1.42 bits per heavy atom. The SMILES string of the molecule is Nc1c(C(=O)O)ccnc1NCCC1CCCCC1. The molecule has 0 atom stereocenters. The largest absolute Gasteiger partial charge is 0.478 e. The Morgan fingerprint density at radius 2 is 2.16 bits per heavy atom. The Bertz CT molecular complexity index is 442. The van der Waals surface area contributed by atoms with Crippen molar-refractivity contribution in [3.8, 4) is 0 Å². The molecule has 104 valence electrons. The summed E-state index contributed by atoms with van der Waals surface area (Å²) in [6, 6.07) is 1.42. The first-order valence-electron chi connectivity index (χ1n) is 6.90. The van der Waals surface area contributed by atoms with Crippen molar-refractivity contribution >= 4 is 17.5 Å². The highest BCUT2D eigenvalue weighted by atomic mass is 16.4. The molecule has 1 fully saturated rings. The van der Waals surface area contributed by atoms with Gasteiger partial charge in [0.05, 0.1) is 11.3 Å². The van der Waals surface area contributed by atoms with E-state index in [4.69, 9.17) is 10.8 Å². The van der Waals surface area contributed by atoms with Crippen LogP contribution in [0.2, 0.25) is 0 Å². The second-order valence-corrected chi connectivity index (χ2v) is 5.15. The smallest absolute Gasteiger partial charge is 0.337 e. The maximum atomic E-state index is 11.0. The molecule has 1 aliphatic carbocycles. The highest BCUT2D eigenvalue weighted by molar-refractivity contribution is 5.96. The number of carboxylic acids is 1. The Labute approximate surface area is 113 Å². The number of hydrogen-bond acceptors (Lipinski definition) is 4. The van der Waals surface area contributed by atoms with Gasteiger partial charge in [0, 0.05) is 12.7 Å². The zero-order chi connectivity index (χ0) is 13.7. The Balaban J connectivity index is 1.88. The van der Waals surface area contributed by atoms with Crippen LogP contribution in [0.5, 0.6) is 0 Å².